The van der Waals surface area contributed by atoms with E-state index in [-0.39, 0.29) is 0 Å². The van der Waals surface area contributed by atoms with Crippen LogP contribution < -0.4 is 5.32 Å². The van der Waals surface area contributed by atoms with E-state index < -0.39 is 0 Å². The molecule has 3 nitrogen and oxygen atoms in total. The molecule has 0 aromatic rings. The van der Waals surface area contributed by atoms with Crippen LogP contribution in [-0.2, 0) is 0 Å². The first-order valence-electron chi connectivity index (χ1n) is 7.55. The summed E-state index contributed by atoms with van der Waals surface area (Å²) in [7, 11) is 0. The molecule has 0 radical (unpaired) electrons. The van der Waals surface area contributed by atoms with Gasteiger partial charge in [0.15, 0.2) is 0 Å². The van der Waals surface area contributed by atoms with Crippen molar-refractivity contribution in [3.05, 3.63) is 0 Å². The zero-order valence-corrected chi connectivity index (χ0v) is 13.3. The van der Waals surface area contributed by atoms with E-state index in [4.69, 9.17) is 0 Å². The fourth-order valence-electron chi connectivity index (χ4n) is 2.48. The van der Waals surface area contributed by atoms with Crippen molar-refractivity contribution in [1.82, 2.24) is 15.1 Å². The standard InChI is InChI=1S/C14H31N3S/c1-4-16(5-2)9-7-10-17(6-3)12-14-13-18-11-8-15-14/h14-15H,4-13H2,1-3H3. The second-order valence-corrected chi connectivity index (χ2v) is 6.15. The molecule has 0 spiro atoms. The largest absolute Gasteiger partial charge is 0.311 e. The van der Waals surface area contributed by atoms with Crippen molar-refractivity contribution in [2.24, 2.45) is 0 Å². The molecule has 1 atom stereocenters. The van der Waals surface area contributed by atoms with Gasteiger partial charge in [0.05, 0.1) is 0 Å². The third-order valence-electron chi connectivity index (χ3n) is 3.77. The van der Waals surface area contributed by atoms with Gasteiger partial charge in [0.1, 0.15) is 0 Å². The van der Waals surface area contributed by atoms with Crippen LogP contribution in [0.3, 0.4) is 0 Å². The van der Waals surface area contributed by atoms with E-state index in [1.165, 1.54) is 63.7 Å². The predicted molar refractivity (Wildman–Crippen MR) is 83.6 cm³/mol. The molecule has 0 amide bonds. The topological polar surface area (TPSA) is 18.5 Å². The van der Waals surface area contributed by atoms with Crippen LogP contribution in [0.25, 0.3) is 0 Å². The van der Waals surface area contributed by atoms with Crippen molar-refractivity contribution < 1.29 is 0 Å². The van der Waals surface area contributed by atoms with Crippen molar-refractivity contribution in [2.75, 3.05) is 57.3 Å². The van der Waals surface area contributed by atoms with Gasteiger partial charge in [0.25, 0.3) is 0 Å². The van der Waals surface area contributed by atoms with Crippen molar-refractivity contribution in [3.63, 3.8) is 0 Å². The average Bonchev–Trinajstić information content (AvgIpc) is 2.43. The minimum absolute atomic E-state index is 0.706. The normalized spacial score (nSPS) is 20.8. The summed E-state index contributed by atoms with van der Waals surface area (Å²) in [6, 6.07) is 0.706. The van der Waals surface area contributed by atoms with E-state index in [2.05, 4.69) is 47.6 Å². The zero-order valence-electron chi connectivity index (χ0n) is 12.5. The first-order valence-corrected chi connectivity index (χ1v) is 8.71. The number of hydrogen-bond acceptors (Lipinski definition) is 4. The van der Waals surface area contributed by atoms with Crippen molar-refractivity contribution in [1.29, 1.82) is 0 Å². The number of nitrogens with zero attached hydrogens (tertiary/aromatic N) is 2. The van der Waals surface area contributed by atoms with E-state index >= 15 is 0 Å². The molecule has 1 aliphatic heterocycles. The van der Waals surface area contributed by atoms with E-state index in [1.54, 1.807) is 0 Å². The Morgan fingerprint density at radius 1 is 1.06 bits per heavy atom. The highest BCUT2D eigenvalue weighted by Gasteiger charge is 2.15. The molecule has 0 aliphatic carbocycles. The second kappa shape index (κ2) is 10.1. The Hall–Kier alpha value is 0.230. The van der Waals surface area contributed by atoms with E-state index in [0.29, 0.717) is 6.04 Å². The zero-order chi connectivity index (χ0) is 13.2. The van der Waals surface area contributed by atoms with Crippen molar-refractivity contribution in [2.45, 2.75) is 33.2 Å². The summed E-state index contributed by atoms with van der Waals surface area (Å²) in [6.07, 6.45) is 1.30. The smallest absolute Gasteiger partial charge is 0.0285 e. The predicted octanol–water partition coefficient (Wildman–Crippen LogP) is 1.75. The SMILES string of the molecule is CCN(CC)CCCN(CC)CC1CSCCN1. The maximum absolute atomic E-state index is 3.63. The van der Waals surface area contributed by atoms with Gasteiger partial charge in [-0.3, -0.25) is 0 Å². The molecule has 0 aromatic carbocycles. The summed E-state index contributed by atoms with van der Waals surface area (Å²) in [4.78, 5) is 5.12. The molecule has 1 aliphatic rings. The van der Waals surface area contributed by atoms with Crippen LogP contribution in [0.4, 0.5) is 0 Å². The molecule has 4 heteroatoms. The number of rotatable bonds is 9. The highest BCUT2D eigenvalue weighted by molar-refractivity contribution is 7.99. The van der Waals surface area contributed by atoms with Crippen molar-refractivity contribution >= 4 is 11.8 Å². The Balaban J connectivity index is 2.16. The minimum Gasteiger partial charge on any atom is -0.311 e. The highest BCUT2D eigenvalue weighted by Crippen LogP contribution is 2.09. The molecule has 0 aromatic heterocycles. The van der Waals surface area contributed by atoms with Crippen LogP contribution in [-0.4, -0.2) is 73.2 Å². The second-order valence-electron chi connectivity index (χ2n) is 5.00. The summed E-state index contributed by atoms with van der Waals surface area (Å²) in [5, 5.41) is 3.63. The minimum atomic E-state index is 0.706. The van der Waals surface area contributed by atoms with Gasteiger partial charge in [-0.2, -0.15) is 11.8 Å². The Bertz CT molecular complexity index is 191. The van der Waals surface area contributed by atoms with Crippen LogP contribution in [0.1, 0.15) is 27.2 Å². The van der Waals surface area contributed by atoms with Gasteiger partial charge in [-0.05, 0) is 39.1 Å². The molecule has 1 saturated heterocycles. The van der Waals surface area contributed by atoms with Gasteiger partial charge in [0, 0.05) is 30.6 Å². The molecule has 0 bridgehead atoms. The summed E-state index contributed by atoms with van der Waals surface area (Å²) >= 11 is 2.09. The highest BCUT2D eigenvalue weighted by atomic mass is 32.2. The number of hydrogen-bond donors (Lipinski definition) is 1. The van der Waals surface area contributed by atoms with E-state index in [1.807, 2.05) is 0 Å². The molecule has 1 N–H and O–H groups in total. The molecule has 108 valence electrons. The van der Waals surface area contributed by atoms with Crippen molar-refractivity contribution in [3.8, 4) is 0 Å². The first-order chi connectivity index (χ1) is 8.80. The van der Waals surface area contributed by atoms with Gasteiger partial charge < -0.3 is 15.1 Å². The summed E-state index contributed by atoms with van der Waals surface area (Å²) in [6.45, 7) is 15.2. The Labute approximate surface area is 118 Å². The lowest BCUT2D eigenvalue weighted by molar-refractivity contribution is 0.229. The summed E-state index contributed by atoms with van der Waals surface area (Å²) < 4.78 is 0. The number of likely N-dealkylation sites (N-methyl/N-ethyl adjacent to an activating group) is 1. The molecule has 1 heterocycles. The Morgan fingerprint density at radius 3 is 2.28 bits per heavy atom. The maximum atomic E-state index is 3.63. The Morgan fingerprint density at radius 2 is 1.72 bits per heavy atom. The van der Waals surface area contributed by atoms with Gasteiger partial charge in [-0.1, -0.05) is 20.8 Å². The fourth-order valence-corrected chi connectivity index (χ4v) is 3.42. The van der Waals surface area contributed by atoms with Crippen LogP contribution in [0, 0.1) is 0 Å². The maximum Gasteiger partial charge on any atom is 0.0285 e. The van der Waals surface area contributed by atoms with E-state index in [0.717, 1.165) is 0 Å². The monoisotopic (exact) mass is 273 g/mol. The lowest BCUT2D eigenvalue weighted by atomic mass is 10.2. The molecule has 18 heavy (non-hydrogen) atoms. The third-order valence-corrected chi connectivity index (χ3v) is 4.90. The molecule has 0 saturated carbocycles. The Kier molecular flexibility index (Phi) is 9.11. The van der Waals surface area contributed by atoms with E-state index in [9.17, 15) is 0 Å². The van der Waals surface area contributed by atoms with Crippen LogP contribution in [0.15, 0.2) is 0 Å². The summed E-state index contributed by atoms with van der Waals surface area (Å²) in [5.74, 6) is 2.57. The molecule has 1 rings (SSSR count). The third kappa shape index (κ3) is 6.41. The average molecular weight is 273 g/mol. The first kappa shape index (κ1) is 16.3. The molecular formula is C14H31N3S. The van der Waals surface area contributed by atoms with Gasteiger partial charge >= 0.3 is 0 Å². The fraction of sp³-hybridized carbons (Fsp3) is 1.00. The van der Waals surface area contributed by atoms with Crippen LogP contribution in [0.2, 0.25) is 0 Å². The lowest BCUT2D eigenvalue weighted by Gasteiger charge is -2.30. The number of thioether (sulfide) groups is 1. The molecule has 1 fully saturated rings. The van der Waals surface area contributed by atoms with Crippen LogP contribution >= 0.6 is 11.8 Å². The van der Waals surface area contributed by atoms with Crippen LogP contribution in [0.5, 0.6) is 0 Å². The van der Waals surface area contributed by atoms with Gasteiger partial charge in [0.2, 0.25) is 0 Å². The van der Waals surface area contributed by atoms with Gasteiger partial charge in [-0.15, -0.1) is 0 Å². The quantitative estimate of drug-likeness (QED) is 0.689. The summed E-state index contributed by atoms with van der Waals surface area (Å²) in [5.41, 5.74) is 0. The number of nitrogens with one attached hydrogen (secondary N) is 1. The lowest BCUT2D eigenvalue weighted by Crippen LogP contribution is -2.46. The van der Waals surface area contributed by atoms with Gasteiger partial charge in [-0.25, -0.2) is 0 Å². The molecule has 1 unspecified atom stereocenters. The molecular weight excluding hydrogens is 242 g/mol.